The molecule has 1 aliphatic heterocycles. The minimum absolute atomic E-state index is 0.142. The van der Waals surface area contributed by atoms with Gasteiger partial charge in [0.25, 0.3) is 10.1 Å². The number of nitrogens with one attached hydrogen (secondary N) is 1. The lowest BCUT2D eigenvalue weighted by Gasteiger charge is -2.02. The zero-order chi connectivity index (χ0) is 9.31. The van der Waals surface area contributed by atoms with Gasteiger partial charge in [0.05, 0.1) is 5.75 Å². The van der Waals surface area contributed by atoms with Crippen molar-refractivity contribution >= 4 is 10.1 Å². The van der Waals surface area contributed by atoms with Crippen LogP contribution in [0.4, 0.5) is 0 Å². The molecule has 72 valence electrons. The third-order valence-corrected chi connectivity index (χ3v) is 3.29. The van der Waals surface area contributed by atoms with Crippen molar-refractivity contribution in [3.05, 3.63) is 18.7 Å². The molecule has 0 saturated carbocycles. The number of H-pyrrole nitrogens is 1. The molecule has 1 aromatic heterocycles. The third kappa shape index (κ3) is 2.07. The highest BCUT2D eigenvalue weighted by atomic mass is 32.2. The van der Waals surface area contributed by atoms with E-state index in [4.69, 9.17) is 4.18 Å². The van der Waals surface area contributed by atoms with Gasteiger partial charge in [-0.15, -0.1) is 0 Å². The zero-order valence-electron chi connectivity index (χ0n) is 7.01. The number of hydrogen-bond donors (Lipinski definition) is 1. The summed E-state index contributed by atoms with van der Waals surface area (Å²) in [5, 5.41) is 0. The fourth-order valence-electron chi connectivity index (χ4n) is 1.37. The lowest BCUT2D eigenvalue weighted by atomic mass is 10.3. The van der Waals surface area contributed by atoms with Gasteiger partial charge in [-0.2, -0.15) is 8.42 Å². The third-order valence-electron chi connectivity index (χ3n) is 1.99. The number of rotatable bonds is 2. The molecule has 0 spiro atoms. The number of nitrogens with zero attached hydrogens (tertiary/aromatic N) is 1. The first-order chi connectivity index (χ1) is 6.16. The van der Waals surface area contributed by atoms with Gasteiger partial charge in [0.1, 0.15) is 25.0 Å². The second-order valence-corrected chi connectivity index (χ2v) is 4.79. The maximum Gasteiger partial charge on any atom is 0.267 e. The monoisotopic (exact) mass is 203 g/mol. The minimum atomic E-state index is -3.22. The van der Waals surface area contributed by atoms with E-state index in [1.165, 1.54) is 0 Å². The van der Waals surface area contributed by atoms with Crippen LogP contribution in [-0.4, -0.2) is 25.3 Å². The van der Waals surface area contributed by atoms with Gasteiger partial charge in [-0.25, -0.2) is 4.57 Å². The molecule has 6 heteroatoms. The molecule has 1 atom stereocenters. The Kier molecular flexibility index (Phi) is 2.09. The first-order valence-corrected chi connectivity index (χ1v) is 5.66. The molecular formula is C7H11N2O3S+. The van der Waals surface area contributed by atoms with Crippen LogP contribution in [0.3, 0.4) is 0 Å². The van der Waals surface area contributed by atoms with Crippen molar-refractivity contribution in [1.29, 1.82) is 0 Å². The quantitative estimate of drug-likeness (QED) is 0.516. The molecular weight excluding hydrogens is 192 g/mol. The minimum Gasteiger partial charge on any atom is -0.263 e. The Hall–Kier alpha value is -0.880. The number of aromatic amines is 1. The molecule has 0 bridgehead atoms. The summed E-state index contributed by atoms with van der Waals surface area (Å²) in [7, 11) is -3.22. The standard InChI is InChI=1S/C7H10N2O3S/c10-13(11)4-1-7(12-13)5-9-3-2-8-6-9/h2-3,6-7H,1,4-5H2/p+1. The molecule has 1 aliphatic rings. The Labute approximate surface area is 76.5 Å². The molecule has 1 aromatic rings. The molecule has 1 fully saturated rings. The summed E-state index contributed by atoms with van der Waals surface area (Å²) >= 11 is 0. The largest absolute Gasteiger partial charge is 0.267 e. The molecule has 0 radical (unpaired) electrons. The Balaban J connectivity index is 1.99. The van der Waals surface area contributed by atoms with Crippen molar-refractivity contribution in [3.63, 3.8) is 0 Å². The van der Waals surface area contributed by atoms with Crippen molar-refractivity contribution in [2.75, 3.05) is 5.75 Å². The first-order valence-electron chi connectivity index (χ1n) is 4.08. The smallest absolute Gasteiger partial charge is 0.263 e. The van der Waals surface area contributed by atoms with Crippen LogP contribution in [0.25, 0.3) is 0 Å². The van der Waals surface area contributed by atoms with Gasteiger partial charge in [0.2, 0.25) is 6.33 Å². The second-order valence-electron chi connectivity index (χ2n) is 3.08. The average Bonchev–Trinajstić information content (AvgIpc) is 2.61. The van der Waals surface area contributed by atoms with E-state index in [1.54, 1.807) is 12.5 Å². The summed E-state index contributed by atoms with van der Waals surface area (Å²) < 4.78 is 28.6. The van der Waals surface area contributed by atoms with E-state index < -0.39 is 10.1 Å². The Morgan fingerprint density at radius 1 is 1.62 bits per heavy atom. The summed E-state index contributed by atoms with van der Waals surface area (Å²) in [6.07, 6.45) is 5.78. The second kappa shape index (κ2) is 3.12. The molecule has 0 aromatic carbocycles. The van der Waals surface area contributed by atoms with E-state index in [0.29, 0.717) is 13.0 Å². The molecule has 13 heavy (non-hydrogen) atoms. The van der Waals surface area contributed by atoms with Gasteiger partial charge < -0.3 is 0 Å². The van der Waals surface area contributed by atoms with Crippen LogP contribution in [0, 0.1) is 0 Å². The van der Waals surface area contributed by atoms with Gasteiger partial charge >= 0.3 is 0 Å². The highest BCUT2D eigenvalue weighted by molar-refractivity contribution is 7.86. The van der Waals surface area contributed by atoms with Crippen LogP contribution in [-0.2, 0) is 20.8 Å². The average molecular weight is 203 g/mol. The van der Waals surface area contributed by atoms with E-state index in [1.807, 2.05) is 10.8 Å². The van der Waals surface area contributed by atoms with Crippen molar-refractivity contribution in [1.82, 2.24) is 4.98 Å². The summed E-state index contributed by atoms with van der Waals surface area (Å²) in [6, 6.07) is 0. The SMILES string of the molecule is O=S1(=O)CCC(C[n+]2cc[nH]c2)O1. The summed E-state index contributed by atoms with van der Waals surface area (Å²) in [6.45, 7) is 0.586. The van der Waals surface area contributed by atoms with E-state index in [0.717, 1.165) is 0 Å². The Morgan fingerprint density at radius 3 is 3.00 bits per heavy atom. The first kappa shape index (κ1) is 8.71. The van der Waals surface area contributed by atoms with E-state index in [9.17, 15) is 8.42 Å². The number of imidazole rings is 1. The van der Waals surface area contributed by atoms with Crippen LogP contribution in [0.5, 0.6) is 0 Å². The number of hydrogen-bond acceptors (Lipinski definition) is 3. The maximum atomic E-state index is 10.9. The van der Waals surface area contributed by atoms with Gasteiger partial charge in [-0.1, -0.05) is 0 Å². The molecule has 1 unspecified atom stereocenters. The van der Waals surface area contributed by atoms with Crippen molar-refractivity contribution in [3.8, 4) is 0 Å². The Morgan fingerprint density at radius 2 is 2.46 bits per heavy atom. The molecule has 0 aliphatic carbocycles. The molecule has 2 rings (SSSR count). The molecule has 0 amide bonds. The maximum absolute atomic E-state index is 10.9. The van der Waals surface area contributed by atoms with E-state index in [2.05, 4.69) is 4.98 Å². The predicted octanol–water partition coefficient (Wildman–Crippen LogP) is -0.579. The highest BCUT2D eigenvalue weighted by Crippen LogP contribution is 2.15. The van der Waals surface area contributed by atoms with Crippen molar-refractivity contribution in [2.24, 2.45) is 0 Å². The lowest BCUT2D eigenvalue weighted by Crippen LogP contribution is -2.37. The fraction of sp³-hybridized carbons (Fsp3) is 0.571. The lowest BCUT2D eigenvalue weighted by molar-refractivity contribution is -0.701. The van der Waals surface area contributed by atoms with Crippen molar-refractivity contribution < 1.29 is 17.2 Å². The van der Waals surface area contributed by atoms with E-state index in [-0.39, 0.29) is 11.9 Å². The summed E-state index contributed by atoms with van der Waals surface area (Å²) in [5.41, 5.74) is 0. The summed E-state index contributed by atoms with van der Waals surface area (Å²) in [5.74, 6) is 0.142. The predicted molar refractivity (Wildman–Crippen MR) is 44.3 cm³/mol. The van der Waals surface area contributed by atoms with Crippen LogP contribution >= 0.6 is 0 Å². The molecule has 5 nitrogen and oxygen atoms in total. The number of aromatic nitrogens is 2. The van der Waals surface area contributed by atoms with Crippen molar-refractivity contribution in [2.45, 2.75) is 19.1 Å². The Bertz CT molecular complexity index is 370. The van der Waals surface area contributed by atoms with Gasteiger partial charge in [0, 0.05) is 0 Å². The molecule has 1 N–H and O–H groups in total. The highest BCUT2D eigenvalue weighted by Gasteiger charge is 2.30. The fourth-order valence-corrected chi connectivity index (χ4v) is 2.59. The molecule has 2 heterocycles. The van der Waals surface area contributed by atoms with Gasteiger partial charge in [0.15, 0.2) is 0 Å². The van der Waals surface area contributed by atoms with Crippen LogP contribution in [0.15, 0.2) is 18.7 Å². The zero-order valence-corrected chi connectivity index (χ0v) is 7.83. The van der Waals surface area contributed by atoms with Crippen LogP contribution < -0.4 is 4.57 Å². The normalized spacial score (nSPS) is 26.3. The van der Waals surface area contributed by atoms with Gasteiger partial charge in [-0.3, -0.25) is 9.17 Å². The molecule has 1 saturated heterocycles. The summed E-state index contributed by atoms with van der Waals surface area (Å²) in [4.78, 5) is 2.88. The van der Waals surface area contributed by atoms with E-state index >= 15 is 0 Å². The topological polar surface area (TPSA) is 63.0 Å². The van der Waals surface area contributed by atoms with Crippen LogP contribution in [0.1, 0.15) is 6.42 Å². The van der Waals surface area contributed by atoms with Crippen LogP contribution in [0.2, 0.25) is 0 Å². The van der Waals surface area contributed by atoms with Gasteiger partial charge in [-0.05, 0) is 6.42 Å².